The van der Waals surface area contributed by atoms with Crippen molar-refractivity contribution in [2.45, 2.75) is 12.2 Å². The number of carbonyl (C=O) groups is 2. The minimum atomic E-state index is -0.426. The van der Waals surface area contributed by atoms with Crippen LogP contribution < -0.4 is 9.47 Å². The monoisotopic (exact) mass is 580 g/mol. The Morgan fingerprint density at radius 2 is 0.864 bits per heavy atom. The molecule has 0 radical (unpaired) electrons. The molecule has 6 aromatic rings. The van der Waals surface area contributed by atoms with E-state index in [9.17, 15) is 9.59 Å². The number of hydrogen-bond donors (Lipinski definition) is 0. The van der Waals surface area contributed by atoms with Crippen molar-refractivity contribution in [3.05, 3.63) is 155 Å². The highest BCUT2D eigenvalue weighted by Crippen LogP contribution is 2.44. The summed E-state index contributed by atoms with van der Waals surface area (Å²) in [5.74, 6) is 0.896. The van der Waals surface area contributed by atoms with E-state index in [2.05, 4.69) is 0 Å². The summed E-state index contributed by atoms with van der Waals surface area (Å²) in [5, 5.41) is 4.27. The molecule has 44 heavy (non-hydrogen) atoms. The van der Waals surface area contributed by atoms with Crippen LogP contribution in [0.3, 0.4) is 0 Å². The Hall–Kier alpha value is -5.62. The second kappa shape index (κ2) is 11.2. The van der Waals surface area contributed by atoms with E-state index in [1.807, 2.05) is 109 Å². The van der Waals surface area contributed by atoms with Crippen molar-refractivity contribution >= 4 is 33.5 Å². The van der Waals surface area contributed by atoms with Crippen LogP contribution in [0.25, 0.3) is 21.5 Å². The van der Waals surface area contributed by atoms with Crippen molar-refractivity contribution in [2.75, 3.05) is 14.2 Å². The van der Waals surface area contributed by atoms with Gasteiger partial charge in [0.15, 0.2) is 12.2 Å². The number of carbonyl (C=O) groups excluding carboxylic acids is 2. The summed E-state index contributed by atoms with van der Waals surface area (Å²) in [4.78, 5) is 24.2. The summed E-state index contributed by atoms with van der Waals surface area (Å²) >= 11 is 0. The summed E-state index contributed by atoms with van der Waals surface area (Å²) in [6, 6.07) is 39.0. The average molecular weight is 581 g/mol. The van der Waals surface area contributed by atoms with Crippen molar-refractivity contribution in [2.24, 2.45) is 0 Å². The van der Waals surface area contributed by atoms with Crippen LogP contribution in [0.1, 0.15) is 55.2 Å². The maximum absolute atomic E-state index is 12.1. The molecule has 6 aromatic carbocycles. The predicted molar refractivity (Wildman–Crippen MR) is 168 cm³/mol. The first-order chi connectivity index (χ1) is 21.6. The number of fused-ring (bicyclic) bond motifs is 4. The summed E-state index contributed by atoms with van der Waals surface area (Å²) in [5.41, 5.74) is 4.84. The highest BCUT2D eigenvalue weighted by atomic mass is 16.6. The van der Waals surface area contributed by atoms with E-state index < -0.39 is 12.2 Å². The third-order valence-corrected chi connectivity index (χ3v) is 8.20. The molecule has 0 fully saturated rings. The van der Waals surface area contributed by atoms with Gasteiger partial charge in [0, 0.05) is 22.3 Å². The molecular weight excluding hydrogens is 552 g/mol. The van der Waals surface area contributed by atoms with Crippen LogP contribution in [0.5, 0.6) is 11.5 Å². The van der Waals surface area contributed by atoms with Gasteiger partial charge in [-0.2, -0.15) is 0 Å². The van der Waals surface area contributed by atoms with Gasteiger partial charge in [0.2, 0.25) is 0 Å². The normalized spacial score (nSPS) is 16.4. The second-order valence-corrected chi connectivity index (χ2v) is 10.6. The third-order valence-electron chi connectivity index (χ3n) is 8.20. The lowest BCUT2D eigenvalue weighted by Gasteiger charge is -2.17. The Kier molecular flexibility index (Phi) is 6.95. The van der Waals surface area contributed by atoms with Gasteiger partial charge < -0.3 is 18.9 Å². The number of methoxy groups -OCH3 is 2. The lowest BCUT2D eigenvalue weighted by Crippen LogP contribution is -2.04. The number of ether oxygens (including phenoxy) is 4. The van der Waals surface area contributed by atoms with Gasteiger partial charge in [0.1, 0.15) is 11.5 Å². The zero-order chi connectivity index (χ0) is 30.2. The van der Waals surface area contributed by atoms with Crippen LogP contribution in [-0.4, -0.2) is 26.2 Å². The molecule has 6 heteroatoms. The first-order valence-electron chi connectivity index (χ1n) is 14.3. The lowest BCUT2D eigenvalue weighted by molar-refractivity contribution is 0.0445. The van der Waals surface area contributed by atoms with Gasteiger partial charge in [-0.05, 0) is 45.8 Å². The van der Waals surface area contributed by atoms with E-state index >= 15 is 0 Å². The summed E-state index contributed by atoms with van der Waals surface area (Å²) in [6.45, 7) is 0. The van der Waals surface area contributed by atoms with Crippen LogP contribution in [-0.2, 0) is 9.47 Å². The standard InChI is InChI=1S/2C19H14O3/c2*1-21-16-11-10-12-6-2-3-7-13(12)17(16)18-14-8-4-5-9-15(14)19(20)22-18/h2*2-11,18H,1H3/t2*18-/m11/s1. The van der Waals surface area contributed by atoms with E-state index in [1.165, 1.54) is 0 Å². The summed E-state index contributed by atoms with van der Waals surface area (Å²) in [7, 11) is 3.27. The van der Waals surface area contributed by atoms with E-state index in [0.717, 1.165) is 55.3 Å². The number of rotatable bonds is 4. The van der Waals surface area contributed by atoms with Crippen molar-refractivity contribution in [1.82, 2.24) is 0 Å². The molecule has 2 aliphatic rings. The van der Waals surface area contributed by atoms with Crippen LogP contribution in [0.4, 0.5) is 0 Å². The molecular formula is C38H28O6. The van der Waals surface area contributed by atoms with Crippen LogP contribution in [0.2, 0.25) is 0 Å². The molecule has 0 aromatic heterocycles. The van der Waals surface area contributed by atoms with Crippen LogP contribution in [0, 0.1) is 0 Å². The van der Waals surface area contributed by atoms with Gasteiger partial charge in [-0.3, -0.25) is 0 Å². The average Bonchev–Trinajstić information content (AvgIpc) is 3.59. The molecule has 0 unspecified atom stereocenters. The molecule has 0 N–H and O–H groups in total. The fourth-order valence-electron chi connectivity index (χ4n) is 6.17. The maximum Gasteiger partial charge on any atom is 0.339 e. The molecule has 0 amide bonds. The predicted octanol–water partition coefficient (Wildman–Crippen LogP) is 8.22. The SMILES string of the molecule is COc1ccc2ccccc2c1[C@@H]1OC(=O)c2ccccc21.COc1ccc2ccccc2c1[C@@H]1OC(=O)c2ccccc21. The largest absolute Gasteiger partial charge is 0.496 e. The van der Waals surface area contributed by atoms with Gasteiger partial charge in [-0.1, -0.05) is 97.1 Å². The Morgan fingerprint density at radius 3 is 1.30 bits per heavy atom. The van der Waals surface area contributed by atoms with E-state index in [-0.39, 0.29) is 11.9 Å². The molecule has 6 nitrogen and oxygen atoms in total. The molecule has 0 spiro atoms. The van der Waals surface area contributed by atoms with Gasteiger partial charge in [0.05, 0.1) is 25.3 Å². The molecule has 0 aliphatic carbocycles. The number of hydrogen-bond acceptors (Lipinski definition) is 6. The molecule has 8 rings (SSSR count). The van der Waals surface area contributed by atoms with E-state index in [0.29, 0.717) is 11.1 Å². The summed E-state index contributed by atoms with van der Waals surface area (Å²) < 4.78 is 22.3. The van der Waals surface area contributed by atoms with Gasteiger partial charge >= 0.3 is 11.9 Å². The summed E-state index contributed by atoms with van der Waals surface area (Å²) in [6.07, 6.45) is -0.852. The molecule has 2 aliphatic heterocycles. The van der Waals surface area contributed by atoms with Crippen molar-refractivity contribution in [3.8, 4) is 11.5 Å². The second-order valence-electron chi connectivity index (χ2n) is 10.6. The third kappa shape index (κ3) is 4.52. The number of cyclic esters (lactones) is 2. The van der Waals surface area contributed by atoms with Crippen LogP contribution in [0.15, 0.2) is 121 Å². The fraction of sp³-hybridized carbons (Fsp3) is 0.105. The highest BCUT2D eigenvalue weighted by molar-refractivity contribution is 5.98. The Labute approximate surface area is 254 Å². The molecule has 0 saturated carbocycles. The molecule has 0 saturated heterocycles. The minimum absolute atomic E-state index is 0.282. The molecule has 2 heterocycles. The van der Waals surface area contributed by atoms with Gasteiger partial charge in [0.25, 0.3) is 0 Å². The molecule has 2 atom stereocenters. The maximum atomic E-state index is 12.1. The fourth-order valence-corrected chi connectivity index (χ4v) is 6.17. The Bertz CT molecular complexity index is 1910. The number of benzene rings is 6. The number of esters is 2. The first-order valence-corrected chi connectivity index (χ1v) is 14.3. The van der Waals surface area contributed by atoms with Crippen LogP contribution >= 0.6 is 0 Å². The van der Waals surface area contributed by atoms with Crippen molar-refractivity contribution in [3.63, 3.8) is 0 Å². The van der Waals surface area contributed by atoms with Crippen molar-refractivity contribution in [1.29, 1.82) is 0 Å². The Balaban J connectivity index is 0.000000142. The Morgan fingerprint density at radius 1 is 0.477 bits per heavy atom. The highest BCUT2D eigenvalue weighted by Gasteiger charge is 2.35. The van der Waals surface area contributed by atoms with E-state index in [1.54, 1.807) is 26.4 Å². The lowest BCUT2D eigenvalue weighted by atomic mass is 9.94. The first kappa shape index (κ1) is 27.2. The zero-order valence-corrected chi connectivity index (χ0v) is 24.2. The van der Waals surface area contributed by atoms with Gasteiger partial charge in [-0.15, -0.1) is 0 Å². The van der Waals surface area contributed by atoms with Crippen molar-refractivity contribution < 1.29 is 28.5 Å². The minimum Gasteiger partial charge on any atom is -0.496 e. The molecule has 216 valence electrons. The topological polar surface area (TPSA) is 71.1 Å². The molecule has 0 bridgehead atoms. The van der Waals surface area contributed by atoms with E-state index in [4.69, 9.17) is 18.9 Å². The smallest absolute Gasteiger partial charge is 0.339 e. The quantitative estimate of drug-likeness (QED) is 0.196. The van der Waals surface area contributed by atoms with Gasteiger partial charge in [-0.25, -0.2) is 9.59 Å². The zero-order valence-electron chi connectivity index (χ0n) is 24.2.